The lowest BCUT2D eigenvalue weighted by atomic mass is 9.73. The highest BCUT2D eigenvalue weighted by atomic mass is 16.5. The maximum absolute atomic E-state index is 13.2. The van der Waals surface area contributed by atoms with Gasteiger partial charge in [-0.15, -0.1) is 0 Å². The van der Waals surface area contributed by atoms with Crippen LogP contribution in [0.1, 0.15) is 35.7 Å². The number of carbonyl (C=O) groups excluding carboxylic acids is 2. The minimum absolute atomic E-state index is 0.0759. The average molecular weight is 353 g/mol. The third kappa shape index (κ3) is 3.78. The van der Waals surface area contributed by atoms with Crippen molar-refractivity contribution < 1.29 is 19.1 Å². The van der Waals surface area contributed by atoms with E-state index in [0.717, 1.165) is 5.56 Å². The van der Waals surface area contributed by atoms with Crippen molar-refractivity contribution >= 4 is 17.6 Å². The summed E-state index contributed by atoms with van der Waals surface area (Å²) in [6, 6.07) is 16.6. The molecule has 0 radical (unpaired) electrons. The van der Waals surface area contributed by atoms with Crippen LogP contribution in [0.3, 0.4) is 0 Å². The van der Waals surface area contributed by atoms with E-state index in [1.165, 1.54) is 0 Å². The molecule has 136 valence electrons. The maximum atomic E-state index is 13.2. The second kappa shape index (κ2) is 8.15. The lowest BCUT2D eigenvalue weighted by Crippen LogP contribution is -2.44. The standard InChI is InChI=1S/C21H23NO4/c1-2-26-19(23)16-7-6-10-18(15-16)22-20(24)21(11-13-25-14-12-21)17-8-4-3-5-9-17/h3-10,15H,2,11-14H2,1H3,(H,22,24). The Morgan fingerprint density at radius 1 is 1.08 bits per heavy atom. The van der Waals surface area contributed by atoms with E-state index in [1.54, 1.807) is 31.2 Å². The average Bonchev–Trinajstić information content (AvgIpc) is 2.69. The largest absolute Gasteiger partial charge is 0.462 e. The van der Waals surface area contributed by atoms with Crippen molar-refractivity contribution in [1.82, 2.24) is 0 Å². The van der Waals surface area contributed by atoms with Crippen LogP contribution in [-0.2, 0) is 19.7 Å². The fourth-order valence-corrected chi connectivity index (χ4v) is 3.31. The molecule has 1 heterocycles. The van der Waals surface area contributed by atoms with Gasteiger partial charge < -0.3 is 14.8 Å². The third-order valence-corrected chi connectivity index (χ3v) is 4.74. The Kier molecular flexibility index (Phi) is 5.68. The molecular weight excluding hydrogens is 330 g/mol. The predicted octanol–water partition coefficient (Wildman–Crippen LogP) is 3.55. The van der Waals surface area contributed by atoms with E-state index in [-0.39, 0.29) is 5.91 Å². The third-order valence-electron chi connectivity index (χ3n) is 4.74. The highest BCUT2D eigenvalue weighted by Gasteiger charge is 2.41. The Hall–Kier alpha value is -2.66. The van der Waals surface area contributed by atoms with Crippen LogP contribution in [0, 0.1) is 0 Å². The summed E-state index contributed by atoms with van der Waals surface area (Å²) in [7, 11) is 0. The second-order valence-corrected chi connectivity index (χ2v) is 6.32. The summed E-state index contributed by atoms with van der Waals surface area (Å²) in [6.07, 6.45) is 1.25. The summed E-state index contributed by atoms with van der Waals surface area (Å²) < 4.78 is 10.5. The van der Waals surface area contributed by atoms with Gasteiger partial charge in [-0.2, -0.15) is 0 Å². The number of rotatable bonds is 5. The van der Waals surface area contributed by atoms with Gasteiger partial charge in [-0.3, -0.25) is 4.79 Å². The van der Waals surface area contributed by atoms with Crippen molar-refractivity contribution in [3.05, 3.63) is 65.7 Å². The Bertz CT molecular complexity index is 767. The number of anilines is 1. The van der Waals surface area contributed by atoms with Crippen LogP contribution in [-0.4, -0.2) is 31.7 Å². The van der Waals surface area contributed by atoms with Gasteiger partial charge in [-0.25, -0.2) is 4.79 Å². The van der Waals surface area contributed by atoms with Crippen LogP contribution in [0.25, 0.3) is 0 Å². The molecule has 0 aromatic heterocycles. The number of esters is 1. The van der Waals surface area contributed by atoms with Crippen LogP contribution < -0.4 is 5.32 Å². The SMILES string of the molecule is CCOC(=O)c1cccc(NC(=O)C2(c3ccccc3)CCOCC2)c1. The molecule has 0 unspecified atom stereocenters. The summed E-state index contributed by atoms with van der Waals surface area (Å²) in [5, 5.41) is 2.99. The summed E-state index contributed by atoms with van der Waals surface area (Å²) in [6.45, 7) is 3.17. The maximum Gasteiger partial charge on any atom is 0.338 e. The molecule has 5 nitrogen and oxygen atoms in total. The van der Waals surface area contributed by atoms with Gasteiger partial charge in [-0.05, 0) is 43.5 Å². The number of amides is 1. The molecule has 26 heavy (non-hydrogen) atoms. The Balaban J connectivity index is 1.85. The Morgan fingerprint density at radius 2 is 1.81 bits per heavy atom. The first kappa shape index (κ1) is 18.1. The van der Waals surface area contributed by atoms with Crippen molar-refractivity contribution in [1.29, 1.82) is 0 Å². The zero-order valence-electron chi connectivity index (χ0n) is 14.9. The number of carbonyl (C=O) groups is 2. The monoisotopic (exact) mass is 353 g/mol. The van der Waals surface area contributed by atoms with E-state index in [2.05, 4.69) is 5.32 Å². The molecule has 1 saturated heterocycles. The van der Waals surface area contributed by atoms with Gasteiger partial charge in [0.2, 0.25) is 5.91 Å². The molecule has 0 saturated carbocycles. The van der Waals surface area contributed by atoms with E-state index in [4.69, 9.17) is 9.47 Å². The summed E-state index contributed by atoms with van der Waals surface area (Å²) in [5.74, 6) is -0.472. The lowest BCUT2D eigenvalue weighted by molar-refractivity contribution is -0.125. The zero-order chi connectivity index (χ0) is 18.4. The molecule has 1 amide bonds. The minimum atomic E-state index is -0.626. The Labute approximate surface area is 153 Å². The quantitative estimate of drug-likeness (QED) is 0.835. The second-order valence-electron chi connectivity index (χ2n) is 6.32. The molecule has 0 bridgehead atoms. The molecule has 1 fully saturated rings. The summed E-state index contributed by atoms with van der Waals surface area (Å²) >= 11 is 0. The fraction of sp³-hybridized carbons (Fsp3) is 0.333. The lowest BCUT2D eigenvalue weighted by Gasteiger charge is -2.36. The van der Waals surface area contributed by atoms with E-state index in [9.17, 15) is 9.59 Å². The van der Waals surface area contributed by atoms with Gasteiger partial charge in [0.05, 0.1) is 17.6 Å². The van der Waals surface area contributed by atoms with E-state index in [1.807, 2.05) is 30.3 Å². The van der Waals surface area contributed by atoms with Gasteiger partial charge in [-0.1, -0.05) is 36.4 Å². The minimum Gasteiger partial charge on any atom is -0.462 e. The molecular formula is C21H23NO4. The molecule has 2 aromatic rings. The number of nitrogens with one attached hydrogen (secondary N) is 1. The van der Waals surface area contributed by atoms with Crippen LogP contribution in [0.2, 0.25) is 0 Å². The molecule has 0 atom stereocenters. The number of hydrogen-bond donors (Lipinski definition) is 1. The van der Waals surface area contributed by atoms with Gasteiger partial charge in [0.15, 0.2) is 0 Å². The van der Waals surface area contributed by atoms with Gasteiger partial charge in [0.1, 0.15) is 0 Å². The highest BCUT2D eigenvalue weighted by molar-refractivity contribution is 6.00. The fourth-order valence-electron chi connectivity index (χ4n) is 3.31. The van der Waals surface area contributed by atoms with Crippen LogP contribution in [0.15, 0.2) is 54.6 Å². The predicted molar refractivity (Wildman–Crippen MR) is 99.2 cm³/mol. The molecule has 1 aliphatic heterocycles. The molecule has 1 N–H and O–H groups in total. The van der Waals surface area contributed by atoms with Gasteiger partial charge in [0.25, 0.3) is 0 Å². The summed E-state index contributed by atoms with van der Waals surface area (Å²) in [5.41, 5.74) is 1.37. The van der Waals surface area contributed by atoms with E-state index >= 15 is 0 Å². The molecule has 5 heteroatoms. The molecule has 0 spiro atoms. The van der Waals surface area contributed by atoms with Crippen LogP contribution in [0.5, 0.6) is 0 Å². The van der Waals surface area contributed by atoms with E-state index in [0.29, 0.717) is 43.9 Å². The van der Waals surface area contributed by atoms with Gasteiger partial charge >= 0.3 is 5.97 Å². The first-order valence-electron chi connectivity index (χ1n) is 8.87. The highest BCUT2D eigenvalue weighted by Crippen LogP contribution is 2.36. The Morgan fingerprint density at radius 3 is 2.50 bits per heavy atom. The number of ether oxygens (including phenoxy) is 2. The molecule has 0 aliphatic carbocycles. The molecule has 1 aliphatic rings. The molecule has 3 rings (SSSR count). The van der Waals surface area contributed by atoms with Crippen molar-refractivity contribution in [2.75, 3.05) is 25.1 Å². The first-order chi connectivity index (χ1) is 12.7. The number of benzene rings is 2. The summed E-state index contributed by atoms with van der Waals surface area (Å²) in [4.78, 5) is 25.1. The topological polar surface area (TPSA) is 64.6 Å². The van der Waals surface area contributed by atoms with Crippen LogP contribution in [0.4, 0.5) is 5.69 Å². The van der Waals surface area contributed by atoms with Crippen molar-refractivity contribution in [2.45, 2.75) is 25.2 Å². The zero-order valence-corrected chi connectivity index (χ0v) is 14.9. The molecule has 2 aromatic carbocycles. The van der Waals surface area contributed by atoms with Crippen LogP contribution >= 0.6 is 0 Å². The van der Waals surface area contributed by atoms with Crippen molar-refractivity contribution in [3.63, 3.8) is 0 Å². The van der Waals surface area contributed by atoms with Gasteiger partial charge in [0, 0.05) is 18.9 Å². The number of hydrogen-bond acceptors (Lipinski definition) is 4. The normalized spacial score (nSPS) is 15.9. The van der Waals surface area contributed by atoms with Crippen molar-refractivity contribution in [2.24, 2.45) is 0 Å². The first-order valence-corrected chi connectivity index (χ1v) is 8.87. The van der Waals surface area contributed by atoms with E-state index < -0.39 is 11.4 Å². The van der Waals surface area contributed by atoms with Crippen molar-refractivity contribution in [3.8, 4) is 0 Å². The smallest absolute Gasteiger partial charge is 0.338 e.